The minimum atomic E-state index is -0.312. The molecule has 3 aromatic carbocycles. The van der Waals surface area contributed by atoms with Gasteiger partial charge in [-0.15, -0.1) is 0 Å². The molecule has 0 aliphatic heterocycles. The Morgan fingerprint density at radius 2 is 1.52 bits per heavy atom. The van der Waals surface area contributed by atoms with Gasteiger partial charge in [0, 0.05) is 26.9 Å². The van der Waals surface area contributed by atoms with Gasteiger partial charge in [-0.3, -0.25) is 9.59 Å². The van der Waals surface area contributed by atoms with E-state index in [4.69, 9.17) is 27.6 Å². The molecule has 1 saturated carbocycles. The van der Waals surface area contributed by atoms with Gasteiger partial charge in [0.2, 0.25) is 11.7 Å². The molecule has 2 atom stereocenters. The second kappa shape index (κ2) is 7.88. The lowest BCUT2D eigenvalue weighted by atomic mass is 10.1. The van der Waals surface area contributed by atoms with Crippen molar-refractivity contribution in [3.05, 3.63) is 99.7 Å². The van der Waals surface area contributed by atoms with E-state index in [0.29, 0.717) is 32.3 Å². The second-order valence-corrected chi connectivity index (χ2v) is 8.50. The van der Waals surface area contributed by atoms with Gasteiger partial charge < -0.3 is 9.73 Å². The highest BCUT2D eigenvalue weighted by atomic mass is 35.5. The van der Waals surface area contributed by atoms with E-state index in [2.05, 4.69) is 5.32 Å². The highest BCUT2D eigenvalue weighted by Gasteiger charge is 2.44. The number of hydrogen-bond acceptors (Lipinski definition) is 3. The molecule has 1 aliphatic rings. The number of carbonyl (C=O) groups is 2. The average Bonchev–Trinajstić information content (AvgIpc) is 3.50. The van der Waals surface area contributed by atoms with Crippen molar-refractivity contribution in [2.75, 3.05) is 5.32 Å². The number of hydrogen-bond donors (Lipinski definition) is 1. The van der Waals surface area contributed by atoms with E-state index in [0.717, 1.165) is 12.0 Å². The van der Waals surface area contributed by atoms with E-state index in [1.54, 1.807) is 30.3 Å². The minimum absolute atomic E-state index is 0.112. The average molecular weight is 450 g/mol. The maximum Gasteiger partial charge on any atom is 0.230 e. The molecule has 154 valence electrons. The fraction of sp³-hybridized carbons (Fsp3) is 0.120. The van der Waals surface area contributed by atoms with Crippen molar-refractivity contribution in [2.45, 2.75) is 12.3 Å². The number of carbonyl (C=O) groups excluding carboxylic acids is 2. The summed E-state index contributed by atoms with van der Waals surface area (Å²) in [6.07, 6.45) is 0.754. The smallest absolute Gasteiger partial charge is 0.230 e. The summed E-state index contributed by atoms with van der Waals surface area (Å²) >= 11 is 11.9. The van der Waals surface area contributed by atoms with Crippen LogP contribution in [0.4, 0.5) is 5.69 Å². The number of para-hydroxylation sites is 1. The lowest BCUT2D eigenvalue weighted by Gasteiger charge is -2.07. The number of amides is 1. The van der Waals surface area contributed by atoms with Gasteiger partial charge in [0.25, 0.3) is 0 Å². The van der Waals surface area contributed by atoms with E-state index in [1.807, 2.05) is 42.5 Å². The molecule has 1 amide bonds. The summed E-state index contributed by atoms with van der Waals surface area (Å²) in [5.74, 6) is -0.343. The van der Waals surface area contributed by atoms with E-state index in [-0.39, 0.29) is 29.3 Å². The third-order valence-electron chi connectivity index (χ3n) is 5.58. The molecular weight excluding hydrogens is 433 g/mol. The SMILES string of the molecule is O=C(c1ccc(Cl)cc1)c1oc2ccccc2c1NC(=O)C1CC1c1ccc(Cl)cc1. The normalized spacial score (nSPS) is 17.5. The molecule has 0 bridgehead atoms. The fourth-order valence-electron chi connectivity index (χ4n) is 3.84. The quantitative estimate of drug-likeness (QED) is 0.344. The number of fused-ring (bicyclic) bond motifs is 1. The highest BCUT2D eigenvalue weighted by molar-refractivity contribution is 6.31. The van der Waals surface area contributed by atoms with Crippen molar-refractivity contribution in [1.29, 1.82) is 0 Å². The van der Waals surface area contributed by atoms with Crippen LogP contribution in [0.3, 0.4) is 0 Å². The first kappa shape index (κ1) is 19.9. The Hall–Kier alpha value is -3.08. The molecule has 1 N–H and O–H groups in total. The van der Waals surface area contributed by atoms with Crippen LogP contribution >= 0.6 is 23.2 Å². The molecule has 1 aliphatic carbocycles. The van der Waals surface area contributed by atoms with E-state index in [9.17, 15) is 9.59 Å². The summed E-state index contributed by atoms with van der Waals surface area (Å²) in [6, 6.07) is 21.4. The van der Waals surface area contributed by atoms with Gasteiger partial charge >= 0.3 is 0 Å². The first-order valence-corrected chi connectivity index (χ1v) is 10.6. The maximum absolute atomic E-state index is 13.1. The summed E-state index contributed by atoms with van der Waals surface area (Å²) in [4.78, 5) is 26.1. The van der Waals surface area contributed by atoms with Crippen molar-refractivity contribution >= 4 is 51.5 Å². The van der Waals surface area contributed by atoms with Crippen LogP contribution in [0.5, 0.6) is 0 Å². The van der Waals surface area contributed by atoms with Crippen LogP contribution in [0.25, 0.3) is 11.0 Å². The summed E-state index contributed by atoms with van der Waals surface area (Å²) in [5, 5.41) is 4.86. The Labute approximate surface area is 188 Å². The van der Waals surface area contributed by atoms with Gasteiger partial charge in [-0.1, -0.05) is 47.5 Å². The number of benzene rings is 3. The Morgan fingerprint density at radius 1 is 0.871 bits per heavy atom. The third-order valence-corrected chi connectivity index (χ3v) is 6.09. The highest BCUT2D eigenvalue weighted by Crippen LogP contribution is 2.48. The number of nitrogens with one attached hydrogen (secondary N) is 1. The molecule has 0 saturated heterocycles. The summed E-state index contributed by atoms with van der Waals surface area (Å²) < 4.78 is 5.86. The van der Waals surface area contributed by atoms with E-state index in [1.165, 1.54) is 0 Å². The molecular formula is C25H17Cl2NO3. The summed E-state index contributed by atoms with van der Waals surface area (Å²) in [6.45, 7) is 0. The van der Waals surface area contributed by atoms with Crippen molar-refractivity contribution in [3.63, 3.8) is 0 Å². The first-order valence-electron chi connectivity index (χ1n) is 9.89. The zero-order valence-electron chi connectivity index (χ0n) is 16.3. The van der Waals surface area contributed by atoms with Crippen LogP contribution in [-0.2, 0) is 4.79 Å². The van der Waals surface area contributed by atoms with Gasteiger partial charge in [-0.2, -0.15) is 0 Å². The molecule has 0 radical (unpaired) electrons. The molecule has 6 heteroatoms. The largest absolute Gasteiger partial charge is 0.450 e. The minimum Gasteiger partial charge on any atom is -0.450 e. The van der Waals surface area contributed by atoms with Gasteiger partial charge in [-0.05, 0) is 66.4 Å². The number of anilines is 1. The fourth-order valence-corrected chi connectivity index (χ4v) is 4.09. The monoisotopic (exact) mass is 449 g/mol. The molecule has 5 rings (SSSR count). The van der Waals surface area contributed by atoms with Crippen molar-refractivity contribution in [3.8, 4) is 0 Å². The number of halogens is 2. The molecule has 1 fully saturated rings. The van der Waals surface area contributed by atoms with Crippen LogP contribution in [0.1, 0.15) is 34.0 Å². The van der Waals surface area contributed by atoms with Crippen LogP contribution in [0.2, 0.25) is 10.0 Å². The van der Waals surface area contributed by atoms with E-state index < -0.39 is 0 Å². The van der Waals surface area contributed by atoms with Crippen molar-refractivity contribution in [1.82, 2.24) is 0 Å². The molecule has 0 spiro atoms. The molecule has 4 aromatic rings. The lowest BCUT2D eigenvalue weighted by Crippen LogP contribution is -2.16. The topological polar surface area (TPSA) is 59.3 Å². The van der Waals surface area contributed by atoms with Gasteiger partial charge in [-0.25, -0.2) is 0 Å². The molecule has 1 heterocycles. The van der Waals surface area contributed by atoms with Crippen LogP contribution in [0, 0.1) is 5.92 Å². The number of rotatable bonds is 5. The predicted octanol–water partition coefficient (Wildman–Crippen LogP) is 6.71. The van der Waals surface area contributed by atoms with Crippen LogP contribution < -0.4 is 5.32 Å². The van der Waals surface area contributed by atoms with Gasteiger partial charge in [0.15, 0.2) is 5.76 Å². The lowest BCUT2D eigenvalue weighted by molar-refractivity contribution is -0.117. The molecule has 1 aromatic heterocycles. The standard InChI is InChI=1S/C25H17Cl2NO3/c26-16-9-5-14(6-10-16)19-13-20(19)25(30)28-22-18-3-1-2-4-21(18)31-24(22)23(29)15-7-11-17(27)12-8-15/h1-12,19-20H,13H2,(H,28,30). The number of ketones is 1. The van der Waals surface area contributed by atoms with Gasteiger partial charge in [0.1, 0.15) is 5.58 Å². The molecule has 31 heavy (non-hydrogen) atoms. The Balaban J connectivity index is 1.44. The summed E-state index contributed by atoms with van der Waals surface area (Å²) in [7, 11) is 0. The van der Waals surface area contributed by atoms with Gasteiger partial charge in [0.05, 0.1) is 5.69 Å². The second-order valence-electron chi connectivity index (χ2n) is 7.63. The zero-order valence-corrected chi connectivity index (χ0v) is 17.8. The van der Waals surface area contributed by atoms with Crippen LogP contribution in [0.15, 0.2) is 77.2 Å². The number of furan rings is 1. The van der Waals surface area contributed by atoms with Crippen molar-refractivity contribution in [2.24, 2.45) is 5.92 Å². The summed E-state index contributed by atoms with van der Waals surface area (Å²) in [5.41, 5.74) is 2.46. The first-order chi connectivity index (χ1) is 15.0. The Morgan fingerprint density at radius 3 is 2.23 bits per heavy atom. The molecule has 4 nitrogen and oxygen atoms in total. The zero-order chi connectivity index (χ0) is 21.5. The van der Waals surface area contributed by atoms with Crippen molar-refractivity contribution < 1.29 is 14.0 Å². The molecule has 2 unspecified atom stereocenters. The Bertz CT molecular complexity index is 1290. The predicted molar refractivity (Wildman–Crippen MR) is 122 cm³/mol. The van der Waals surface area contributed by atoms with E-state index >= 15 is 0 Å². The maximum atomic E-state index is 13.1. The Kier molecular flexibility index (Phi) is 5.05. The third kappa shape index (κ3) is 3.85. The van der Waals surface area contributed by atoms with Crippen LogP contribution in [-0.4, -0.2) is 11.7 Å².